The molecule has 164 valence electrons. The molecule has 1 saturated heterocycles. The molecule has 2 heterocycles. The van der Waals surface area contributed by atoms with E-state index in [9.17, 15) is 14.7 Å². The van der Waals surface area contributed by atoms with Crippen LogP contribution in [0.2, 0.25) is 0 Å². The molecule has 0 spiro atoms. The minimum Gasteiger partial charge on any atom is -0.507 e. The quantitative estimate of drug-likeness (QED) is 0.337. The number of amides is 1. The van der Waals surface area contributed by atoms with E-state index >= 15 is 0 Å². The molecule has 4 rings (SSSR count). The van der Waals surface area contributed by atoms with Gasteiger partial charge >= 0.3 is 0 Å². The number of benzene rings is 2. The van der Waals surface area contributed by atoms with Crippen LogP contribution in [0.4, 0.5) is 0 Å². The van der Waals surface area contributed by atoms with Crippen molar-refractivity contribution in [2.75, 3.05) is 0 Å². The summed E-state index contributed by atoms with van der Waals surface area (Å²) in [5.41, 5.74) is 3.50. The molecule has 32 heavy (non-hydrogen) atoms. The maximum absolute atomic E-state index is 13.1. The van der Waals surface area contributed by atoms with Gasteiger partial charge in [0.1, 0.15) is 11.5 Å². The fourth-order valence-corrected chi connectivity index (χ4v) is 3.99. The highest BCUT2D eigenvalue weighted by Crippen LogP contribution is 2.40. The molecule has 1 unspecified atom stereocenters. The van der Waals surface area contributed by atoms with Crippen LogP contribution < -0.4 is 0 Å². The summed E-state index contributed by atoms with van der Waals surface area (Å²) in [5.74, 6) is -0.951. The first kappa shape index (κ1) is 21.6. The van der Waals surface area contributed by atoms with Crippen LogP contribution in [0.25, 0.3) is 5.76 Å². The molecule has 1 aromatic heterocycles. The Morgan fingerprint density at radius 2 is 1.66 bits per heavy atom. The Balaban J connectivity index is 1.85. The van der Waals surface area contributed by atoms with E-state index < -0.39 is 17.7 Å². The lowest BCUT2D eigenvalue weighted by molar-refractivity contribution is -0.140. The molecular formula is C27H27NO4. The molecule has 1 aliphatic rings. The van der Waals surface area contributed by atoms with E-state index in [-0.39, 0.29) is 23.3 Å². The number of furan rings is 1. The third kappa shape index (κ3) is 3.98. The Hall–Kier alpha value is -3.60. The number of carbonyl (C=O) groups excluding carboxylic acids is 2. The zero-order valence-corrected chi connectivity index (χ0v) is 18.8. The van der Waals surface area contributed by atoms with Gasteiger partial charge in [0.25, 0.3) is 11.7 Å². The van der Waals surface area contributed by atoms with Crippen molar-refractivity contribution in [1.29, 1.82) is 0 Å². The fourth-order valence-electron chi connectivity index (χ4n) is 3.99. The van der Waals surface area contributed by atoms with Gasteiger partial charge in [-0.15, -0.1) is 0 Å². The number of rotatable bonds is 4. The number of Topliss-reactive ketones (excluding diaryl/α,β-unsaturated/α-hetero) is 1. The molecule has 5 nitrogen and oxygen atoms in total. The summed E-state index contributed by atoms with van der Waals surface area (Å²) in [7, 11) is 0. The van der Waals surface area contributed by atoms with Crippen molar-refractivity contribution in [1.82, 2.24) is 4.90 Å². The lowest BCUT2D eigenvalue weighted by atomic mass is 9.85. The Kier molecular flexibility index (Phi) is 5.51. The van der Waals surface area contributed by atoms with Crippen molar-refractivity contribution >= 4 is 17.4 Å². The third-order valence-corrected chi connectivity index (χ3v) is 5.86. The van der Waals surface area contributed by atoms with Crippen LogP contribution in [0.15, 0.2) is 76.9 Å². The highest BCUT2D eigenvalue weighted by Gasteiger charge is 2.46. The van der Waals surface area contributed by atoms with Crippen LogP contribution in [0.3, 0.4) is 0 Å². The van der Waals surface area contributed by atoms with Gasteiger partial charge in [-0.05, 0) is 35.6 Å². The molecule has 2 aromatic carbocycles. The maximum Gasteiger partial charge on any atom is 0.296 e. The largest absolute Gasteiger partial charge is 0.507 e. The van der Waals surface area contributed by atoms with Gasteiger partial charge in [0.15, 0.2) is 0 Å². The molecule has 3 aromatic rings. The van der Waals surface area contributed by atoms with Crippen LogP contribution in [-0.4, -0.2) is 21.7 Å². The normalized spacial score (nSPS) is 18.4. The first-order valence-corrected chi connectivity index (χ1v) is 10.6. The highest BCUT2D eigenvalue weighted by molar-refractivity contribution is 6.46. The smallest absolute Gasteiger partial charge is 0.296 e. The van der Waals surface area contributed by atoms with Crippen LogP contribution in [0.5, 0.6) is 0 Å². The van der Waals surface area contributed by atoms with E-state index in [0.29, 0.717) is 11.3 Å². The van der Waals surface area contributed by atoms with Crippen molar-refractivity contribution in [2.24, 2.45) is 0 Å². The first-order valence-electron chi connectivity index (χ1n) is 10.6. The zero-order valence-electron chi connectivity index (χ0n) is 18.8. The van der Waals surface area contributed by atoms with Gasteiger partial charge in [-0.1, -0.05) is 74.9 Å². The standard InChI is InChI=1S/C27H27NO4/c1-17-7-9-19(10-8-17)24(29)22-23(18-11-13-20(14-12-18)27(2,3)4)28(26(31)25(22)30)16-21-6-5-15-32-21/h5-15,23,29H,16H2,1-4H3/b24-22-. The number of aryl methyl sites for hydroxylation is 1. The number of hydrogen-bond donors (Lipinski definition) is 1. The van der Waals surface area contributed by atoms with E-state index in [2.05, 4.69) is 20.8 Å². The number of hydrogen-bond acceptors (Lipinski definition) is 4. The summed E-state index contributed by atoms with van der Waals surface area (Å²) < 4.78 is 5.44. The number of nitrogens with zero attached hydrogens (tertiary/aromatic N) is 1. The molecule has 5 heteroatoms. The molecule has 1 fully saturated rings. The molecule has 0 radical (unpaired) electrons. The second kappa shape index (κ2) is 8.15. The number of aliphatic hydroxyl groups is 1. The summed E-state index contributed by atoms with van der Waals surface area (Å²) in [5, 5.41) is 11.1. The molecule has 0 saturated carbocycles. The van der Waals surface area contributed by atoms with Crippen LogP contribution in [0.1, 0.15) is 54.8 Å². The molecule has 0 bridgehead atoms. The number of aliphatic hydroxyl groups excluding tert-OH is 1. The summed E-state index contributed by atoms with van der Waals surface area (Å²) in [4.78, 5) is 27.6. The molecule has 1 atom stereocenters. The van der Waals surface area contributed by atoms with Crippen LogP contribution in [-0.2, 0) is 21.5 Å². The molecule has 1 N–H and O–H groups in total. The number of ketones is 1. The summed E-state index contributed by atoms with van der Waals surface area (Å²) >= 11 is 0. The van der Waals surface area contributed by atoms with Crippen molar-refractivity contribution in [2.45, 2.75) is 45.7 Å². The SMILES string of the molecule is Cc1ccc(/C(O)=C2/C(=O)C(=O)N(Cc3ccco3)C2c2ccc(C(C)(C)C)cc2)cc1. The summed E-state index contributed by atoms with van der Waals surface area (Å²) in [6.45, 7) is 8.46. The molecule has 1 aliphatic heterocycles. The predicted molar refractivity (Wildman–Crippen MR) is 123 cm³/mol. The van der Waals surface area contributed by atoms with Gasteiger partial charge in [0, 0.05) is 5.56 Å². The second-order valence-electron chi connectivity index (χ2n) is 9.24. The molecule has 1 amide bonds. The molecular weight excluding hydrogens is 402 g/mol. The van der Waals surface area contributed by atoms with Gasteiger partial charge in [-0.3, -0.25) is 9.59 Å². The lowest BCUT2D eigenvalue weighted by Gasteiger charge is -2.26. The number of carbonyl (C=O) groups is 2. The van der Waals surface area contributed by atoms with Crippen LogP contribution in [0, 0.1) is 6.92 Å². The van der Waals surface area contributed by atoms with Crippen molar-refractivity contribution in [3.05, 3.63) is 101 Å². The van der Waals surface area contributed by atoms with Crippen molar-refractivity contribution in [3.8, 4) is 0 Å². The maximum atomic E-state index is 13.1. The minimum atomic E-state index is -0.713. The zero-order chi connectivity index (χ0) is 23.0. The van der Waals surface area contributed by atoms with E-state index in [1.165, 1.54) is 11.2 Å². The Morgan fingerprint density at radius 3 is 2.22 bits per heavy atom. The van der Waals surface area contributed by atoms with Crippen LogP contribution >= 0.6 is 0 Å². The number of likely N-dealkylation sites (tertiary alicyclic amines) is 1. The monoisotopic (exact) mass is 429 g/mol. The van der Waals surface area contributed by atoms with Crippen molar-refractivity contribution < 1.29 is 19.1 Å². The van der Waals surface area contributed by atoms with E-state index in [4.69, 9.17) is 4.42 Å². The Morgan fingerprint density at radius 1 is 1.00 bits per heavy atom. The predicted octanol–water partition coefficient (Wildman–Crippen LogP) is 5.51. The Labute approximate surface area is 188 Å². The van der Waals surface area contributed by atoms with Gasteiger partial charge in [-0.25, -0.2) is 0 Å². The highest BCUT2D eigenvalue weighted by atomic mass is 16.3. The van der Waals surface area contributed by atoms with Gasteiger partial charge in [0.05, 0.1) is 24.4 Å². The van der Waals surface area contributed by atoms with Gasteiger partial charge in [-0.2, -0.15) is 0 Å². The summed E-state index contributed by atoms with van der Waals surface area (Å²) in [6, 6.07) is 17.9. The average molecular weight is 430 g/mol. The fraction of sp³-hybridized carbons (Fsp3) is 0.259. The van der Waals surface area contributed by atoms with Gasteiger partial charge < -0.3 is 14.4 Å². The lowest BCUT2D eigenvalue weighted by Crippen LogP contribution is -2.29. The minimum absolute atomic E-state index is 0.0313. The van der Waals surface area contributed by atoms with E-state index in [1.807, 2.05) is 43.3 Å². The van der Waals surface area contributed by atoms with Gasteiger partial charge in [0.2, 0.25) is 0 Å². The first-order chi connectivity index (χ1) is 15.2. The molecule has 0 aliphatic carbocycles. The van der Waals surface area contributed by atoms with Crippen molar-refractivity contribution in [3.63, 3.8) is 0 Å². The average Bonchev–Trinajstić information content (AvgIpc) is 3.36. The third-order valence-electron chi connectivity index (χ3n) is 5.86. The second-order valence-corrected chi connectivity index (χ2v) is 9.24. The van der Waals surface area contributed by atoms with E-state index in [0.717, 1.165) is 16.7 Å². The summed E-state index contributed by atoms with van der Waals surface area (Å²) in [6.07, 6.45) is 1.53. The van der Waals surface area contributed by atoms with E-state index in [1.54, 1.807) is 24.3 Å². The topological polar surface area (TPSA) is 70.8 Å². The Bertz CT molecular complexity index is 1160.